The number of ether oxygens (including phenoxy) is 1. The number of benzene rings is 1. The molecular formula is C17H25N3O3. The first kappa shape index (κ1) is 17.1. The van der Waals surface area contributed by atoms with E-state index in [9.17, 15) is 9.59 Å². The Bertz CT molecular complexity index is 555. The zero-order chi connectivity index (χ0) is 17.0. The third-order valence-electron chi connectivity index (χ3n) is 3.52. The number of rotatable bonds is 1. The van der Waals surface area contributed by atoms with Gasteiger partial charge in [-0.15, -0.1) is 0 Å². The van der Waals surface area contributed by atoms with E-state index >= 15 is 0 Å². The molecule has 1 N–H and O–H groups in total. The van der Waals surface area contributed by atoms with Crippen LogP contribution in [0.5, 0.6) is 0 Å². The fourth-order valence-electron chi connectivity index (χ4n) is 2.26. The second-order valence-corrected chi connectivity index (χ2v) is 6.75. The van der Waals surface area contributed by atoms with Gasteiger partial charge in [0.05, 0.1) is 0 Å². The summed E-state index contributed by atoms with van der Waals surface area (Å²) < 4.78 is 5.35. The minimum Gasteiger partial charge on any atom is -0.444 e. The van der Waals surface area contributed by atoms with Crippen LogP contribution in [0.4, 0.5) is 15.3 Å². The van der Waals surface area contributed by atoms with Crippen molar-refractivity contribution in [2.24, 2.45) is 0 Å². The van der Waals surface area contributed by atoms with Crippen LogP contribution in [0.25, 0.3) is 0 Å². The molecule has 0 saturated carbocycles. The Morgan fingerprint density at radius 2 is 1.52 bits per heavy atom. The van der Waals surface area contributed by atoms with Crippen LogP contribution in [-0.2, 0) is 4.74 Å². The van der Waals surface area contributed by atoms with E-state index < -0.39 is 5.60 Å². The van der Waals surface area contributed by atoms with Gasteiger partial charge >= 0.3 is 12.1 Å². The second kappa shape index (κ2) is 6.89. The number of amides is 3. The van der Waals surface area contributed by atoms with E-state index in [2.05, 4.69) is 5.32 Å². The fraction of sp³-hybridized carbons (Fsp3) is 0.529. The first-order valence-electron chi connectivity index (χ1n) is 7.85. The SMILES string of the molecule is Cc1ccc(NC(=O)N2CCN(C(=O)OC(C)(C)C)CC2)cc1. The number of carbonyl (C=O) groups excluding carboxylic acids is 2. The first-order chi connectivity index (χ1) is 10.7. The summed E-state index contributed by atoms with van der Waals surface area (Å²) in [4.78, 5) is 27.6. The van der Waals surface area contributed by atoms with E-state index in [0.29, 0.717) is 26.2 Å². The van der Waals surface area contributed by atoms with Gasteiger partial charge in [-0.3, -0.25) is 0 Å². The lowest BCUT2D eigenvalue weighted by atomic mass is 10.2. The van der Waals surface area contributed by atoms with E-state index in [4.69, 9.17) is 4.74 Å². The van der Waals surface area contributed by atoms with Gasteiger partial charge in [0.25, 0.3) is 0 Å². The number of carbonyl (C=O) groups is 2. The molecule has 0 radical (unpaired) electrons. The Morgan fingerprint density at radius 1 is 1.00 bits per heavy atom. The molecule has 0 aromatic heterocycles. The Hall–Kier alpha value is -2.24. The van der Waals surface area contributed by atoms with Crippen LogP contribution >= 0.6 is 0 Å². The van der Waals surface area contributed by atoms with Crippen molar-refractivity contribution in [3.8, 4) is 0 Å². The highest BCUT2D eigenvalue weighted by atomic mass is 16.6. The van der Waals surface area contributed by atoms with E-state index in [0.717, 1.165) is 11.3 Å². The third kappa shape index (κ3) is 5.16. The molecule has 0 unspecified atom stereocenters. The molecule has 6 heteroatoms. The van der Waals surface area contributed by atoms with Gasteiger partial charge in [-0.2, -0.15) is 0 Å². The quantitative estimate of drug-likeness (QED) is 0.865. The topological polar surface area (TPSA) is 61.9 Å². The van der Waals surface area contributed by atoms with Gasteiger partial charge in [0.15, 0.2) is 0 Å². The number of hydrogen-bond donors (Lipinski definition) is 1. The normalized spacial score (nSPS) is 15.3. The third-order valence-corrected chi connectivity index (χ3v) is 3.52. The van der Waals surface area contributed by atoms with Gasteiger partial charge in [-0.25, -0.2) is 9.59 Å². The second-order valence-electron chi connectivity index (χ2n) is 6.75. The number of nitrogens with zero attached hydrogens (tertiary/aromatic N) is 2. The van der Waals surface area contributed by atoms with Crippen LogP contribution in [0.3, 0.4) is 0 Å². The van der Waals surface area contributed by atoms with Crippen molar-refractivity contribution in [2.45, 2.75) is 33.3 Å². The Labute approximate surface area is 137 Å². The molecule has 2 rings (SSSR count). The average molecular weight is 319 g/mol. The monoisotopic (exact) mass is 319 g/mol. The number of aryl methyl sites for hydroxylation is 1. The van der Waals surface area contributed by atoms with Gasteiger partial charge < -0.3 is 19.9 Å². The van der Waals surface area contributed by atoms with Crippen molar-refractivity contribution in [1.82, 2.24) is 9.80 Å². The summed E-state index contributed by atoms with van der Waals surface area (Å²) in [5.74, 6) is 0. The molecule has 1 fully saturated rings. The van der Waals surface area contributed by atoms with Crippen LogP contribution in [0, 0.1) is 6.92 Å². The molecule has 0 atom stereocenters. The first-order valence-corrected chi connectivity index (χ1v) is 7.85. The van der Waals surface area contributed by atoms with E-state index in [1.165, 1.54) is 0 Å². The maximum Gasteiger partial charge on any atom is 0.410 e. The molecule has 1 aliphatic heterocycles. The zero-order valence-electron chi connectivity index (χ0n) is 14.3. The van der Waals surface area contributed by atoms with E-state index in [1.54, 1.807) is 9.80 Å². The molecule has 1 aromatic carbocycles. The molecule has 3 amide bonds. The van der Waals surface area contributed by atoms with Gasteiger partial charge in [0.1, 0.15) is 5.60 Å². The number of piperazine rings is 1. The van der Waals surface area contributed by atoms with Crippen LogP contribution < -0.4 is 5.32 Å². The maximum atomic E-state index is 12.2. The molecule has 0 spiro atoms. The lowest BCUT2D eigenvalue weighted by Crippen LogP contribution is -2.52. The standard InChI is InChI=1S/C17H25N3O3/c1-13-5-7-14(8-6-13)18-15(21)19-9-11-20(12-10-19)16(22)23-17(2,3)4/h5-8H,9-12H2,1-4H3,(H,18,21). The maximum absolute atomic E-state index is 12.2. The molecular weight excluding hydrogens is 294 g/mol. The molecule has 23 heavy (non-hydrogen) atoms. The van der Waals surface area contributed by atoms with Crippen LogP contribution in [-0.4, -0.2) is 53.7 Å². The van der Waals surface area contributed by atoms with Gasteiger partial charge in [-0.05, 0) is 39.8 Å². The van der Waals surface area contributed by atoms with Crippen molar-refractivity contribution < 1.29 is 14.3 Å². The molecule has 6 nitrogen and oxygen atoms in total. The zero-order valence-corrected chi connectivity index (χ0v) is 14.3. The minimum atomic E-state index is -0.503. The Kier molecular flexibility index (Phi) is 5.13. The van der Waals surface area contributed by atoms with E-state index in [1.807, 2.05) is 52.0 Å². The summed E-state index contributed by atoms with van der Waals surface area (Å²) in [5.41, 5.74) is 1.42. The molecule has 0 bridgehead atoms. The van der Waals surface area contributed by atoms with Crippen LogP contribution in [0.2, 0.25) is 0 Å². The summed E-state index contributed by atoms with van der Waals surface area (Å²) in [6, 6.07) is 7.53. The van der Waals surface area contributed by atoms with Crippen molar-refractivity contribution in [3.63, 3.8) is 0 Å². The number of hydrogen-bond acceptors (Lipinski definition) is 3. The van der Waals surface area contributed by atoms with Crippen LogP contribution in [0.1, 0.15) is 26.3 Å². The molecule has 0 aliphatic carbocycles. The Morgan fingerprint density at radius 3 is 2.04 bits per heavy atom. The van der Waals surface area contributed by atoms with Crippen molar-refractivity contribution in [1.29, 1.82) is 0 Å². The Balaban J connectivity index is 1.83. The number of anilines is 1. The molecule has 1 aliphatic rings. The summed E-state index contributed by atoms with van der Waals surface area (Å²) in [7, 11) is 0. The van der Waals surface area contributed by atoms with Gasteiger partial charge in [0.2, 0.25) is 0 Å². The summed E-state index contributed by atoms with van der Waals surface area (Å²) >= 11 is 0. The molecule has 1 aromatic rings. The number of urea groups is 1. The minimum absolute atomic E-state index is 0.141. The summed E-state index contributed by atoms with van der Waals surface area (Å²) in [6.45, 7) is 9.49. The van der Waals surface area contributed by atoms with Gasteiger partial charge in [0, 0.05) is 31.9 Å². The van der Waals surface area contributed by atoms with Gasteiger partial charge in [-0.1, -0.05) is 17.7 Å². The van der Waals surface area contributed by atoms with Crippen LogP contribution in [0.15, 0.2) is 24.3 Å². The molecule has 1 saturated heterocycles. The highest BCUT2D eigenvalue weighted by Crippen LogP contribution is 2.13. The lowest BCUT2D eigenvalue weighted by Gasteiger charge is -2.35. The highest BCUT2D eigenvalue weighted by Gasteiger charge is 2.27. The average Bonchev–Trinajstić information content (AvgIpc) is 2.48. The predicted molar refractivity (Wildman–Crippen MR) is 89.6 cm³/mol. The molecule has 126 valence electrons. The highest BCUT2D eigenvalue weighted by molar-refractivity contribution is 5.89. The molecule has 1 heterocycles. The van der Waals surface area contributed by atoms with Crippen molar-refractivity contribution >= 4 is 17.8 Å². The summed E-state index contributed by atoms with van der Waals surface area (Å²) in [6.07, 6.45) is -0.323. The lowest BCUT2D eigenvalue weighted by molar-refractivity contribution is 0.0174. The number of nitrogens with one attached hydrogen (secondary N) is 1. The fourth-order valence-corrected chi connectivity index (χ4v) is 2.26. The summed E-state index contributed by atoms with van der Waals surface area (Å²) in [5, 5.41) is 2.87. The largest absolute Gasteiger partial charge is 0.444 e. The predicted octanol–water partition coefficient (Wildman–Crippen LogP) is 3.08. The van der Waals surface area contributed by atoms with Crippen molar-refractivity contribution in [3.05, 3.63) is 29.8 Å². The van der Waals surface area contributed by atoms with Crippen molar-refractivity contribution in [2.75, 3.05) is 31.5 Å². The smallest absolute Gasteiger partial charge is 0.410 e. The van der Waals surface area contributed by atoms with E-state index in [-0.39, 0.29) is 12.1 Å².